The summed E-state index contributed by atoms with van der Waals surface area (Å²) in [5.41, 5.74) is 8.86. The molecule has 1 aromatic carbocycles. The van der Waals surface area contributed by atoms with Gasteiger partial charge in [-0.3, -0.25) is 34.5 Å². The number of amides is 4. The molecule has 2 aromatic rings. The Kier molecular flexibility index (Phi) is 4.49. The Hall–Kier alpha value is -3.69. The second-order valence-corrected chi connectivity index (χ2v) is 8.12. The Labute approximate surface area is 177 Å². The Morgan fingerprint density at radius 3 is 2.55 bits per heavy atom. The van der Waals surface area contributed by atoms with Crippen molar-refractivity contribution in [1.29, 1.82) is 0 Å². The molecule has 0 spiro atoms. The lowest BCUT2D eigenvalue weighted by Gasteiger charge is -2.37. The third kappa shape index (κ3) is 3.06. The van der Waals surface area contributed by atoms with Gasteiger partial charge in [0, 0.05) is 18.7 Å². The van der Waals surface area contributed by atoms with E-state index in [0.29, 0.717) is 5.69 Å². The Bertz CT molecular complexity index is 1110. The van der Waals surface area contributed by atoms with Crippen molar-refractivity contribution < 1.29 is 19.2 Å². The lowest BCUT2D eigenvalue weighted by Crippen LogP contribution is -2.54. The number of piperidine rings is 2. The predicted octanol–water partition coefficient (Wildman–Crippen LogP) is 1.12. The Balaban J connectivity index is 1.47. The van der Waals surface area contributed by atoms with Crippen LogP contribution in [-0.4, -0.2) is 51.3 Å². The van der Waals surface area contributed by atoms with Crippen LogP contribution in [-0.2, 0) is 9.59 Å². The molecular formula is C21H22N6O4. The molecule has 2 fully saturated rings. The van der Waals surface area contributed by atoms with E-state index >= 15 is 0 Å². The highest BCUT2D eigenvalue weighted by Gasteiger charge is 2.45. The molecule has 0 radical (unpaired) electrons. The molecule has 10 nitrogen and oxygen atoms in total. The molecule has 0 aliphatic carbocycles. The number of nitrogens with zero attached hydrogens (tertiary/aromatic N) is 3. The summed E-state index contributed by atoms with van der Waals surface area (Å²) in [5.74, 6) is -2.02. The number of hydrogen-bond donors (Lipinski definition) is 3. The molecule has 3 aliphatic rings. The highest BCUT2D eigenvalue weighted by molar-refractivity contribution is 6.23. The maximum Gasteiger partial charge on any atom is 0.262 e. The summed E-state index contributed by atoms with van der Waals surface area (Å²) in [6.45, 7) is 0.779. The second kappa shape index (κ2) is 7.22. The fraction of sp³-hybridized carbons (Fsp3) is 0.381. The highest BCUT2D eigenvalue weighted by atomic mass is 16.2. The van der Waals surface area contributed by atoms with Crippen molar-refractivity contribution in [2.24, 2.45) is 0 Å². The molecule has 2 saturated heterocycles. The first-order chi connectivity index (χ1) is 15.0. The van der Waals surface area contributed by atoms with E-state index in [4.69, 9.17) is 5.73 Å². The molecule has 1 aromatic heterocycles. The summed E-state index contributed by atoms with van der Waals surface area (Å²) in [4.78, 5) is 52.9. The van der Waals surface area contributed by atoms with Gasteiger partial charge in [0.15, 0.2) is 0 Å². The minimum atomic E-state index is -0.971. The summed E-state index contributed by atoms with van der Waals surface area (Å²) in [7, 11) is 0. The van der Waals surface area contributed by atoms with Crippen molar-refractivity contribution in [2.45, 2.75) is 44.2 Å². The monoisotopic (exact) mass is 422 g/mol. The molecule has 0 saturated carbocycles. The molecule has 3 aliphatic heterocycles. The van der Waals surface area contributed by atoms with Gasteiger partial charge in [-0.05, 0) is 43.9 Å². The average Bonchev–Trinajstić information content (AvgIpc) is 3.29. The van der Waals surface area contributed by atoms with E-state index in [9.17, 15) is 19.2 Å². The van der Waals surface area contributed by atoms with Gasteiger partial charge >= 0.3 is 0 Å². The van der Waals surface area contributed by atoms with Crippen molar-refractivity contribution >= 4 is 35.0 Å². The SMILES string of the molecule is Nc1cn[nH]c1C1CCCCN1c1ccc2c(c1)C(=O)N(C1CCC(=O)NC1=O)C2=O. The van der Waals surface area contributed by atoms with Crippen LogP contribution in [0.15, 0.2) is 24.4 Å². The van der Waals surface area contributed by atoms with E-state index in [1.54, 1.807) is 18.3 Å². The van der Waals surface area contributed by atoms with E-state index < -0.39 is 29.7 Å². The minimum absolute atomic E-state index is 0.00672. The van der Waals surface area contributed by atoms with Crippen LogP contribution in [0.25, 0.3) is 0 Å². The van der Waals surface area contributed by atoms with Gasteiger partial charge in [0.25, 0.3) is 11.8 Å². The number of H-pyrrole nitrogens is 1. The molecule has 4 heterocycles. The van der Waals surface area contributed by atoms with Gasteiger partial charge in [0.05, 0.1) is 34.7 Å². The lowest BCUT2D eigenvalue weighted by molar-refractivity contribution is -0.136. The standard InChI is InChI=1S/C21H22N6O4/c22-14-10-23-25-18(14)15-3-1-2-8-26(15)11-4-5-12-13(9-11)21(31)27(20(12)30)16-6-7-17(28)24-19(16)29/h4-5,9-10,15-16H,1-3,6-8,22H2,(H,23,25)(H,24,28,29). The summed E-state index contributed by atoms with van der Waals surface area (Å²) in [6.07, 6.45) is 4.75. The van der Waals surface area contributed by atoms with Crippen LogP contribution < -0.4 is 16.0 Å². The number of imide groups is 2. The fourth-order valence-corrected chi connectivity index (χ4v) is 4.75. The Morgan fingerprint density at radius 1 is 1.00 bits per heavy atom. The molecule has 4 amide bonds. The third-order valence-corrected chi connectivity index (χ3v) is 6.29. The quantitative estimate of drug-likeness (QED) is 0.629. The topological polar surface area (TPSA) is 141 Å². The first-order valence-electron chi connectivity index (χ1n) is 10.4. The Morgan fingerprint density at radius 2 is 1.81 bits per heavy atom. The van der Waals surface area contributed by atoms with Gasteiger partial charge in [-0.1, -0.05) is 0 Å². The number of benzene rings is 1. The van der Waals surface area contributed by atoms with Gasteiger partial charge in [0.2, 0.25) is 11.8 Å². The van der Waals surface area contributed by atoms with E-state index in [-0.39, 0.29) is 30.0 Å². The van der Waals surface area contributed by atoms with Crippen molar-refractivity contribution in [3.63, 3.8) is 0 Å². The molecule has 31 heavy (non-hydrogen) atoms. The third-order valence-electron chi connectivity index (χ3n) is 6.29. The van der Waals surface area contributed by atoms with Gasteiger partial charge < -0.3 is 10.6 Å². The predicted molar refractivity (Wildman–Crippen MR) is 110 cm³/mol. The van der Waals surface area contributed by atoms with Crippen molar-refractivity contribution in [3.05, 3.63) is 41.2 Å². The molecule has 5 rings (SSSR count). The van der Waals surface area contributed by atoms with E-state index in [2.05, 4.69) is 20.4 Å². The van der Waals surface area contributed by atoms with Gasteiger partial charge in [-0.2, -0.15) is 5.10 Å². The van der Waals surface area contributed by atoms with Gasteiger partial charge in [0.1, 0.15) is 6.04 Å². The van der Waals surface area contributed by atoms with E-state index in [0.717, 1.165) is 42.1 Å². The first kappa shape index (κ1) is 19.3. The average molecular weight is 422 g/mol. The number of nitrogens with two attached hydrogens (primary N) is 1. The van der Waals surface area contributed by atoms with E-state index in [1.165, 1.54) is 0 Å². The number of carbonyl (C=O) groups is 4. The molecule has 2 atom stereocenters. The number of nitrogen functional groups attached to an aromatic ring is 1. The van der Waals surface area contributed by atoms with Crippen molar-refractivity contribution in [2.75, 3.05) is 17.2 Å². The van der Waals surface area contributed by atoms with E-state index in [1.807, 2.05) is 6.07 Å². The number of nitrogens with one attached hydrogen (secondary N) is 2. The number of hydrogen-bond acceptors (Lipinski definition) is 7. The molecule has 2 unspecified atom stereocenters. The number of aromatic amines is 1. The molecular weight excluding hydrogens is 400 g/mol. The van der Waals surface area contributed by atoms with Crippen LogP contribution >= 0.6 is 0 Å². The minimum Gasteiger partial charge on any atom is -0.396 e. The number of anilines is 2. The molecule has 4 N–H and O–H groups in total. The maximum atomic E-state index is 13.1. The zero-order valence-electron chi connectivity index (χ0n) is 16.8. The maximum absolute atomic E-state index is 13.1. The van der Waals surface area contributed by atoms with Crippen LogP contribution in [0.2, 0.25) is 0 Å². The van der Waals surface area contributed by atoms with Gasteiger partial charge in [-0.25, -0.2) is 0 Å². The summed E-state index contributed by atoms with van der Waals surface area (Å²) in [6, 6.07) is 4.20. The lowest BCUT2D eigenvalue weighted by atomic mass is 9.97. The molecule has 160 valence electrons. The van der Waals surface area contributed by atoms with Gasteiger partial charge in [-0.15, -0.1) is 0 Å². The number of fused-ring (bicyclic) bond motifs is 1. The van der Waals surface area contributed by atoms with Crippen molar-refractivity contribution in [1.82, 2.24) is 20.4 Å². The smallest absolute Gasteiger partial charge is 0.262 e. The summed E-state index contributed by atoms with van der Waals surface area (Å²) in [5, 5.41) is 9.23. The number of aromatic nitrogens is 2. The van der Waals surface area contributed by atoms with Crippen LogP contribution in [0.3, 0.4) is 0 Å². The second-order valence-electron chi connectivity index (χ2n) is 8.12. The molecule has 10 heteroatoms. The normalized spacial score (nSPS) is 23.9. The van der Waals surface area contributed by atoms with Crippen LogP contribution in [0, 0.1) is 0 Å². The van der Waals surface area contributed by atoms with Crippen LogP contribution in [0.1, 0.15) is 64.6 Å². The fourth-order valence-electron chi connectivity index (χ4n) is 4.75. The summed E-state index contributed by atoms with van der Waals surface area (Å²) < 4.78 is 0. The van der Waals surface area contributed by atoms with Crippen molar-refractivity contribution in [3.8, 4) is 0 Å². The summed E-state index contributed by atoms with van der Waals surface area (Å²) >= 11 is 0. The van der Waals surface area contributed by atoms with Crippen LogP contribution in [0.5, 0.6) is 0 Å². The number of rotatable bonds is 3. The first-order valence-corrected chi connectivity index (χ1v) is 10.4. The zero-order valence-corrected chi connectivity index (χ0v) is 16.8. The largest absolute Gasteiger partial charge is 0.396 e. The van der Waals surface area contributed by atoms with Crippen LogP contribution in [0.4, 0.5) is 11.4 Å². The highest BCUT2D eigenvalue weighted by Crippen LogP contribution is 2.38. The molecule has 0 bridgehead atoms. The zero-order chi connectivity index (χ0) is 21.7. The number of carbonyl (C=O) groups excluding carboxylic acids is 4.